The van der Waals surface area contributed by atoms with Gasteiger partial charge in [-0.2, -0.15) is 0 Å². The second-order valence-electron chi connectivity index (χ2n) is 6.67. The minimum absolute atomic E-state index is 0.222. The summed E-state index contributed by atoms with van der Waals surface area (Å²) >= 11 is 0. The van der Waals surface area contributed by atoms with E-state index in [1.54, 1.807) is 0 Å². The molecule has 112 valence electrons. The second kappa shape index (κ2) is 6.40. The zero-order chi connectivity index (χ0) is 14.8. The highest BCUT2D eigenvalue weighted by atomic mass is 32.2. The van der Waals surface area contributed by atoms with Crippen LogP contribution < -0.4 is 5.32 Å². The van der Waals surface area contributed by atoms with Crippen LogP contribution in [0.25, 0.3) is 0 Å². The van der Waals surface area contributed by atoms with Crippen molar-refractivity contribution in [3.8, 4) is 0 Å². The standard InChI is InChI=1S/C17H27NOS/c1-5-18-14-10-11-17(3,4)12-16(14)20(19)15-9-7-6-8-13(15)2/h6-9,14,16,18H,5,10-12H2,1-4H3. The van der Waals surface area contributed by atoms with Gasteiger partial charge in [-0.15, -0.1) is 0 Å². The minimum Gasteiger partial charge on any atom is -0.313 e. The van der Waals surface area contributed by atoms with Gasteiger partial charge in [-0.1, -0.05) is 39.0 Å². The summed E-state index contributed by atoms with van der Waals surface area (Å²) in [5, 5.41) is 3.77. The van der Waals surface area contributed by atoms with Crippen LogP contribution in [0.15, 0.2) is 29.2 Å². The minimum atomic E-state index is -0.922. The maximum Gasteiger partial charge on any atom is 0.0579 e. The molecule has 0 bridgehead atoms. The molecule has 0 radical (unpaired) electrons. The number of nitrogens with one attached hydrogen (secondary N) is 1. The molecule has 0 aliphatic heterocycles. The fourth-order valence-electron chi connectivity index (χ4n) is 3.19. The van der Waals surface area contributed by atoms with Gasteiger partial charge in [-0.25, -0.2) is 0 Å². The Labute approximate surface area is 125 Å². The topological polar surface area (TPSA) is 29.1 Å². The molecule has 1 N–H and O–H groups in total. The molecule has 3 atom stereocenters. The normalized spacial score (nSPS) is 27.2. The van der Waals surface area contributed by atoms with Gasteiger partial charge >= 0.3 is 0 Å². The Kier molecular flexibility index (Phi) is 5.03. The maximum atomic E-state index is 13.1. The van der Waals surface area contributed by atoms with E-state index in [4.69, 9.17) is 0 Å². The summed E-state index contributed by atoms with van der Waals surface area (Å²) in [4.78, 5) is 1.01. The molecule has 3 unspecified atom stereocenters. The Hall–Kier alpha value is -0.670. The lowest BCUT2D eigenvalue weighted by molar-refractivity contribution is 0.213. The van der Waals surface area contributed by atoms with Crippen molar-refractivity contribution >= 4 is 10.8 Å². The highest BCUT2D eigenvalue weighted by molar-refractivity contribution is 7.85. The van der Waals surface area contributed by atoms with Crippen molar-refractivity contribution in [2.45, 2.75) is 63.1 Å². The molecule has 0 spiro atoms. The predicted octanol–water partition coefficient (Wildman–Crippen LogP) is 3.66. The third-order valence-corrected chi connectivity index (χ3v) is 6.32. The first-order valence-electron chi connectivity index (χ1n) is 7.64. The first-order valence-corrected chi connectivity index (χ1v) is 8.85. The van der Waals surface area contributed by atoms with Crippen LogP contribution in [0.4, 0.5) is 0 Å². The molecule has 1 aliphatic rings. The van der Waals surface area contributed by atoms with Crippen LogP contribution in [0, 0.1) is 12.3 Å². The first kappa shape index (κ1) is 15.7. The van der Waals surface area contributed by atoms with E-state index in [2.05, 4.69) is 39.1 Å². The zero-order valence-electron chi connectivity index (χ0n) is 13.1. The largest absolute Gasteiger partial charge is 0.313 e. The highest BCUT2D eigenvalue weighted by Crippen LogP contribution is 2.39. The van der Waals surface area contributed by atoms with Gasteiger partial charge in [0.15, 0.2) is 0 Å². The van der Waals surface area contributed by atoms with Gasteiger partial charge in [0.2, 0.25) is 0 Å². The van der Waals surface area contributed by atoms with E-state index in [-0.39, 0.29) is 5.25 Å². The molecule has 0 amide bonds. The van der Waals surface area contributed by atoms with E-state index >= 15 is 0 Å². The second-order valence-corrected chi connectivity index (χ2v) is 8.31. The van der Waals surface area contributed by atoms with Crippen LogP contribution in [0.1, 0.15) is 45.6 Å². The first-order chi connectivity index (χ1) is 9.44. The molecule has 0 aromatic heterocycles. The summed E-state index contributed by atoms with van der Waals surface area (Å²) in [5.41, 5.74) is 1.44. The lowest BCUT2D eigenvalue weighted by atomic mass is 9.75. The van der Waals surface area contributed by atoms with Crippen LogP contribution in [0.3, 0.4) is 0 Å². The fourth-order valence-corrected chi connectivity index (χ4v) is 5.24. The number of benzene rings is 1. The number of rotatable bonds is 4. The van der Waals surface area contributed by atoms with Crippen LogP contribution in [-0.4, -0.2) is 22.0 Å². The third-order valence-electron chi connectivity index (χ3n) is 4.39. The van der Waals surface area contributed by atoms with Crippen LogP contribution in [0.5, 0.6) is 0 Å². The number of aryl methyl sites for hydroxylation is 1. The Balaban J connectivity index is 2.26. The van der Waals surface area contributed by atoms with Gasteiger partial charge < -0.3 is 5.32 Å². The summed E-state index contributed by atoms with van der Waals surface area (Å²) in [6.07, 6.45) is 3.38. The van der Waals surface area contributed by atoms with Crippen molar-refractivity contribution in [2.24, 2.45) is 5.41 Å². The molecule has 1 aromatic rings. The van der Waals surface area contributed by atoms with Gasteiger partial charge in [-0.05, 0) is 49.8 Å². The molecule has 2 nitrogen and oxygen atoms in total. The van der Waals surface area contributed by atoms with E-state index in [0.29, 0.717) is 11.5 Å². The van der Waals surface area contributed by atoms with Crippen LogP contribution in [-0.2, 0) is 10.8 Å². The van der Waals surface area contributed by atoms with Crippen LogP contribution in [0.2, 0.25) is 0 Å². The molecular weight excluding hydrogens is 266 g/mol. The fraction of sp³-hybridized carbons (Fsp3) is 0.647. The average molecular weight is 293 g/mol. The van der Waals surface area contributed by atoms with Crippen molar-refractivity contribution < 1.29 is 4.21 Å². The Morgan fingerprint density at radius 3 is 2.70 bits per heavy atom. The quantitative estimate of drug-likeness (QED) is 0.918. The van der Waals surface area contributed by atoms with E-state index in [9.17, 15) is 4.21 Å². The molecule has 1 fully saturated rings. The molecule has 2 rings (SSSR count). The molecule has 1 aliphatic carbocycles. The van der Waals surface area contributed by atoms with E-state index < -0.39 is 10.8 Å². The molecule has 20 heavy (non-hydrogen) atoms. The van der Waals surface area contributed by atoms with Crippen molar-refractivity contribution in [3.63, 3.8) is 0 Å². The van der Waals surface area contributed by atoms with E-state index in [1.807, 2.05) is 18.2 Å². The lowest BCUT2D eigenvalue weighted by Crippen LogP contribution is -2.48. The van der Waals surface area contributed by atoms with Crippen molar-refractivity contribution in [2.75, 3.05) is 6.54 Å². The molecule has 0 heterocycles. The Bertz CT molecular complexity index is 484. The number of hydrogen-bond acceptors (Lipinski definition) is 2. The monoisotopic (exact) mass is 293 g/mol. The lowest BCUT2D eigenvalue weighted by Gasteiger charge is -2.40. The highest BCUT2D eigenvalue weighted by Gasteiger charge is 2.38. The van der Waals surface area contributed by atoms with Gasteiger partial charge in [0, 0.05) is 10.9 Å². The Morgan fingerprint density at radius 2 is 2.05 bits per heavy atom. The zero-order valence-corrected chi connectivity index (χ0v) is 13.9. The molecule has 1 saturated carbocycles. The SMILES string of the molecule is CCNC1CCC(C)(C)CC1S(=O)c1ccccc1C. The maximum absolute atomic E-state index is 13.1. The van der Waals surface area contributed by atoms with Crippen LogP contribution >= 0.6 is 0 Å². The molecule has 3 heteroatoms. The van der Waals surface area contributed by atoms with E-state index in [1.165, 1.54) is 6.42 Å². The molecule has 1 aromatic carbocycles. The summed E-state index contributed by atoms with van der Waals surface area (Å²) in [6.45, 7) is 9.75. The Morgan fingerprint density at radius 1 is 1.35 bits per heavy atom. The van der Waals surface area contributed by atoms with E-state index in [0.717, 1.165) is 29.8 Å². The molecular formula is C17H27NOS. The average Bonchev–Trinajstić information content (AvgIpc) is 2.40. The van der Waals surface area contributed by atoms with Gasteiger partial charge in [-0.3, -0.25) is 4.21 Å². The summed E-state index contributed by atoms with van der Waals surface area (Å²) in [7, 11) is -0.922. The van der Waals surface area contributed by atoms with Gasteiger partial charge in [0.1, 0.15) is 0 Å². The summed E-state index contributed by atoms with van der Waals surface area (Å²) in [5.74, 6) is 0. The summed E-state index contributed by atoms with van der Waals surface area (Å²) < 4.78 is 13.1. The van der Waals surface area contributed by atoms with Crippen molar-refractivity contribution in [1.82, 2.24) is 5.32 Å². The predicted molar refractivity (Wildman–Crippen MR) is 86.5 cm³/mol. The van der Waals surface area contributed by atoms with Gasteiger partial charge in [0.25, 0.3) is 0 Å². The molecule has 0 saturated heterocycles. The third kappa shape index (κ3) is 3.50. The smallest absolute Gasteiger partial charge is 0.0579 e. The number of hydrogen-bond donors (Lipinski definition) is 1. The summed E-state index contributed by atoms with van der Waals surface area (Å²) in [6, 6.07) is 8.48. The van der Waals surface area contributed by atoms with Crippen molar-refractivity contribution in [1.29, 1.82) is 0 Å². The van der Waals surface area contributed by atoms with Gasteiger partial charge in [0.05, 0.1) is 16.0 Å². The van der Waals surface area contributed by atoms with Crippen molar-refractivity contribution in [3.05, 3.63) is 29.8 Å².